The Balaban J connectivity index is 2.42. The number of hydrogen-bond donors (Lipinski definition) is 2. The van der Waals surface area contributed by atoms with Gasteiger partial charge in [-0.2, -0.15) is 4.37 Å². The van der Waals surface area contributed by atoms with Gasteiger partial charge < -0.3 is 11.5 Å². The summed E-state index contributed by atoms with van der Waals surface area (Å²) in [5, 5.41) is 1.17. The van der Waals surface area contributed by atoms with Gasteiger partial charge in [0.05, 0.1) is 10.4 Å². The molecule has 0 aliphatic carbocycles. The van der Waals surface area contributed by atoms with E-state index in [1.807, 2.05) is 12.1 Å². The smallest absolute Gasteiger partial charge is 0.0788 e. The van der Waals surface area contributed by atoms with Gasteiger partial charge in [0.15, 0.2) is 0 Å². The number of nitrogens with two attached hydrogens (primary N) is 2. The van der Waals surface area contributed by atoms with E-state index in [-0.39, 0.29) is 6.04 Å². The van der Waals surface area contributed by atoms with Crippen molar-refractivity contribution < 1.29 is 0 Å². The minimum atomic E-state index is -0.0313. The fourth-order valence-electron chi connectivity index (χ4n) is 1.49. The Hall–Kier alpha value is -0.970. The van der Waals surface area contributed by atoms with Crippen molar-refractivity contribution in [2.75, 3.05) is 6.54 Å². The third kappa shape index (κ3) is 1.64. The van der Waals surface area contributed by atoms with Gasteiger partial charge in [0.1, 0.15) is 0 Å². The summed E-state index contributed by atoms with van der Waals surface area (Å²) in [6.07, 6.45) is 0.785. The van der Waals surface area contributed by atoms with E-state index in [9.17, 15) is 0 Å². The topological polar surface area (TPSA) is 64.9 Å². The highest BCUT2D eigenvalue weighted by molar-refractivity contribution is 7.13. The van der Waals surface area contributed by atoms with E-state index in [1.54, 1.807) is 0 Å². The number of aromatic nitrogens is 1. The second-order valence-corrected chi connectivity index (χ2v) is 4.05. The molecular weight excluding hydrogens is 194 g/mol. The summed E-state index contributed by atoms with van der Waals surface area (Å²) in [7, 11) is 0. The van der Waals surface area contributed by atoms with Crippen LogP contribution in [0.25, 0.3) is 10.1 Å². The normalized spacial score (nSPS) is 13.3. The summed E-state index contributed by atoms with van der Waals surface area (Å²) >= 11 is 1.50. The predicted octanol–water partition coefficient (Wildman–Crippen LogP) is 1.64. The van der Waals surface area contributed by atoms with Gasteiger partial charge in [-0.1, -0.05) is 18.2 Å². The van der Waals surface area contributed by atoms with Crippen molar-refractivity contribution in [3.8, 4) is 0 Å². The molecular formula is C10H13N3S. The molecule has 0 bridgehead atoms. The summed E-state index contributed by atoms with van der Waals surface area (Å²) in [6, 6.07) is 8.11. The first-order chi connectivity index (χ1) is 6.83. The van der Waals surface area contributed by atoms with E-state index >= 15 is 0 Å². The van der Waals surface area contributed by atoms with Crippen molar-refractivity contribution in [3.05, 3.63) is 30.0 Å². The zero-order valence-corrected chi connectivity index (χ0v) is 8.63. The third-order valence-corrected chi connectivity index (χ3v) is 3.07. The van der Waals surface area contributed by atoms with Crippen LogP contribution in [0.3, 0.4) is 0 Å². The average Bonchev–Trinajstić information content (AvgIpc) is 2.61. The van der Waals surface area contributed by atoms with Crippen LogP contribution in [0, 0.1) is 0 Å². The zero-order valence-electron chi connectivity index (χ0n) is 7.81. The van der Waals surface area contributed by atoms with Crippen molar-refractivity contribution in [1.29, 1.82) is 0 Å². The molecule has 4 heteroatoms. The Morgan fingerprint density at radius 1 is 1.36 bits per heavy atom. The van der Waals surface area contributed by atoms with E-state index in [0.29, 0.717) is 6.54 Å². The second-order valence-electron chi connectivity index (χ2n) is 3.25. The molecule has 0 saturated carbocycles. The molecule has 1 heterocycles. The fourth-order valence-corrected chi connectivity index (χ4v) is 2.33. The van der Waals surface area contributed by atoms with Gasteiger partial charge in [0.2, 0.25) is 0 Å². The van der Waals surface area contributed by atoms with Crippen LogP contribution in [-0.4, -0.2) is 10.9 Å². The van der Waals surface area contributed by atoms with Crippen LogP contribution in [0.15, 0.2) is 24.3 Å². The van der Waals surface area contributed by atoms with Crippen LogP contribution in [-0.2, 0) is 0 Å². The first-order valence-electron chi connectivity index (χ1n) is 4.63. The number of hydrogen-bond acceptors (Lipinski definition) is 4. The van der Waals surface area contributed by atoms with Crippen LogP contribution < -0.4 is 11.5 Å². The molecule has 74 valence electrons. The van der Waals surface area contributed by atoms with E-state index in [0.717, 1.165) is 12.1 Å². The van der Waals surface area contributed by atoms with Crippen LogP contribution in [0.4, 0.5) is 0 Å². The van der Waals surface area contributed by atoms with Gasteiger partial charge in [0.25, 0.3) is 0 Å². The molecule has 0 fully saturated rings. The van der Waals surface area contributed by atoms with Gasteiger partial charge in [-0.15, -0.1) is 0 Å². The standard InChI is InChI=1S/C10H13N3S/c11-6-5-8(12)10-7-3-1-2-4-9(7)14-13-10/h1-4,8H,5-6,11-12H2. The van der Waals surface area contributed by atoms with E-state index in [1.165, 1.54) is 21.6 Å². The highest BCUT2D eigenvalue weighted by atomic mass is 32.1. The van der Waals surface area contributed by atoms with Crippen molar-refractivity contribution in [3.63, 3.8) is 0 Å². The summed E-state index contributed by atoms with van der Waals surface area (Å²) in [5.41, 5.74) is 12.4. The lowest BCUT2D eigenvalue weighted by Gasteiger charge is -2.06. The van der Waals surface area contributed by atoms with Crippen molar-refractivity contribution >= 4 is 21.6 Å². The molecule has 4 N–H and O–H groups in total. The van der Waals surface area contributed by atoms with Gasteiger partial charge in [0, 0.05) is 11.4 Å². The van der Waals surface area contributed by atoms with Crippen LogP contribution in [0.1, 0.15) is 18.2 Å². The molecule has 0 spiro atoms. The average molecular weight is 207 g/mol. The van der Waals surface area contributed by atoms with E-state index in [2.05, 4.69) is 16.5 Å². The third-order valence-electron chi connectivity index (χ3n) is 2.23. The molecule has 0 radical (unpaired) electrons. The Kier molecular flexibility index (Phi) is 2.77. The molecule has 2 rings (SSSR count). The molecule has 2 aromatic rings. The Morgan fingerprint density at radius 3 is 2.93 bits per heavy atom. The maximum Gasteiger partial charge on any atom is 0.0788 e. The lowest BCUT2D eigenvalue weighted by atomic mass is 10.1. The monoisotopic (exact) mass is 207 g/mol. The lowest BCUT2D eigenvalue weighted by Crippen LogP contribution is -2.15. The predicted molar refractivity (Wildman–Crippen MR) is 60.2 cm³/mol. The molecule has 14 heavy (non-hydrogen) atoms. The Morgan fingerprint density at radius 2 is 2.14 bits per heavy atom. The highest BCUT2D eigenvalue weighted by Gasteiger charge is 2.12. The number of nitrogens with zero attached hydrogens (tertiary/aromatic N) is 1. The molecule has 0 amide bonds. The molecule has 0 aliphatic heterocycles. The Labute approximate surface area is 86.9 Å². The van der Waals surface area contributed by atoms with E-state index < -0.39 is 0 Å². The summed E-state index contributed by atoms with van der Waals surface area (Å²) in [6.45, 7) is 0.604. The SMILES string of the molecule is NCCC(N)c1nsc2ccccc12. The van der Waals surface area contributed by atoms with Crippen LogP contribution in [0.2, 0.25) is 0 Å². The van der Waals surface area contributed by atoms with Gasteiger partial charge in [-0.05, 0) is 30.6 Å². The summed E-state index contributed by atoms with van der Waals surface area (Å²) in [5.74, 6) is 0. The molecule has 1 unspecified atom stereocenters. The van der Waals surface area contributed by atoms with Gasteiger partial charge in [-0.3, -0.25) is 0 Å². The fraction of sp³-hybridized carbons (Fsp3) is 0.300. The number of benzene rings is 1. The maximum atomic E-state index is 5.98. The van der Waals surface area contributed by atoms with Crippen molar-refractivity contribution in [1.82, 2.24) is 4.37 Å². The zero-order chi connectivity index (χ0) is 9.97. The largest absolute Gasteiger partial charge is 0.330 e. The van der Waals surface area contributed by atoms with Crippen molar-refractivity contribution in [2.45, 2.75) is 12.5 Å². The number of rotatable bonds is 3. The van der Waals surface area contributed by atoms with E-state index in [4.69, 9.17) is 11.5 Å². The molecule has 1 atom stereocenters. The Bertz CT molecular complexity index is 424. The summed E-state index contributed by atoms with van der Waals surface area (Å²) in [4.78, 5) is 0. The lowest BCUT2D eigenvalue weighted by molar-refractivity contribution is 0.654. The minimum Gasteiger partial charge on any atom is -0.330 e. The van der Waals surface area contributed by atoms with Gasteiger partial charge in [-0.25, -0.2) is 0 Å². The maximum absolute atomic E-state index is 5.98. The number of fused-ring (bicyclic) bond motifs is 1. The van der Waals surface area contributed by atoms with Gasteiger partial charge >= 0.3 is 0 Å². The van der Waals surface area contributed by atoms with Crippen LogP contribution in [0.5, 0.6) is 0 Å². The molecule has 0 saturated heterocycles. The van der Waals surface area contributed by atoms with Crippen LogP contribution >= 0.6 is 11.5 Å². The molecule has 1 aromatic heterocycles. The minimum absolute atomic E-state index is 0.0313. The molecule has 3 nitrogen and oxygen atoms in total. The molecule has 0 aliphatic rings. The molecule has 1 aromatic carbocycles. The first-order valence-corrected chi connectivity index (χ1v) is 5.40. The van der Waals surface area contributed by atoms with Crippen molar-refractivity contribution in [2.24, 2.45) is 11.5 Å². The highest BCUT2D eigenvalue weighted by Crippen LogP contribution is 2.26. The summed E-state index contributed by atoms with van der Waals surface area (Å²) < 4.78 is 5.56. The first kappa shape index (κ1) is 9.58. The second kappa shape index (κ2) is 4.04. The quantitative estimate of drug-likeness (QED) is 0.804.